The molecule has 0 amide bonds. The van der Waals surface area contributed by atoms with Gasteiger partial charge in [-0.05, 0) is 17.7 Å². The number of hydrogen-bond donors (Lipinski definition) is 2. The van der Waals surface area contributed by atoms with E-state index in [-0.39, 0.29) is 0 Å². The molecule has 1 aromatic carbocycles. The minimum absolute atomic E-state index is 0.434. The van der Waals surface area contributed by atoms with Crippen LogP contribution in [-0.4, -0.2) is 18.2 Å². The predicted octanol–water partition coefficient (Wildman–Crippen LogP) is 1.34. The first-order valence-corrected chi connectivity index (χ1v) is 4.44. The number of aliphatic carboxylic acids is 1. The lowest BCUT2D eigenvalue weighted by molar-refractivity contribution is -0.131. The van der Waals surface area contributed by atoms with Gasteiger partial charge in [-0.3, -0.25) is 0 Å². The maximum Gasteiger partial charge on any atom is 0.328 e. The summed E-state index contributed by atoms with van der Waals surface area (Å²) in [6.07, 6.45) is 2.46. The van der Waals surface area contributed by atoms with Crippen molar-refractivity contribution in [2.24, 2.45) is 5.73 Å². The summed E-state index contributed by atoms with van der Waals surface area (Å²) in [7, 11) is 1.57. The maximum absolute atomic E-state index is 10.3. The lowest BCUT2D eigenvalue weighted by Crippen LogP contribution is -2.07. The van der Waals surface area contributed by atoms with E-state index in [4.69, 9.17) is 15.6 Å². The summed E-state index contributed by atoms with van der Waals surface area (Å²) < 4.78 is 5.03. The molecule has 0 aliphatic heterocycles. The van der Waals surface area contributed by atoms with E-state index in [1.807, 2.05) is 12.1 Å². The zero-order valence-electron chi connectivity index (χ0n) is 8.38. The first-order chi connectivity index (χ1) is 7.13. The summed E-state index contributed by atoms with van der Waals surface area (Å²) in [4.78, 5) is 10.3. The molecule has 1 rings (SSSR count). The molecule has 0 saturated heterocycles. The zero-order chi connectivity index (χ0) is 11.3. The van der Waals surface area contributed by atoms with Gasteiger partial charge in [-0.15, -0.1) is 0 Å². The van der Waals surface area contributed by atoms with E-state index in [2.05, 4.69) is 0 Å². The van der Waals surface area contributed by atoms with Crippen molar-refractivity contribution in [1.29, 1.82) is 0 Å². The van der Waals surface area contributed by atoms with E-state index in [0.29, 0.717) is 5.75 Å². The number of carbonyl (C=O) groups is 1. The molecule has 0 heterocycles. The average Bonchev–Trinajstić information content (AvgIpc) is 2.26. The summed E-state index contributed by atoms with van der Waals surface area (Å²) in [5.41, 5.74) is 6.57. The molecule has 0 aliphatic rings. The number of hydrogen-bond acceptors (Lipinski definition) is 3. The highest BCUT2D eigenvalue weighted by atomic mass is 16.5. The van der Waals surface area contributed by atoms with Gasteiger partial charge in [-0.1, -0.05) is 18.2 Å². The average molecular weight is 207 g/mol. The van der Waals surface area contributed by atoms with Crippen molar-refractivity contribution in [1.82, 2.24) is 0 Å². The fraction of sp³-hybridized carbons (Fsp3) is 0.182. The van der Waals surface area contributed by atoms with Crippen LogP contribution in [0.2, 0.25) is 0 Å². The summed E-state index contributed by atoms with van der Waals surface area (Å²) in [5, 5.41) is 8.44. The number of benzene rings is 1. The van der Waals surface area contributed by atoms with Gasteiger partial charge in [0.1, 0.15) is 5.75 Å². The highest BCUT2D eigenvalue weighted by Gasteiger charge is 2.03. The smallest absolute Gasteiger partial charge is 0.328 e. The molecular weight excluding hydrogens is 194 g/mol. The van der Waals surface area contributed by atoms with Crippen LogP contribution in [-0.2, 0) is 4.79 Å². The van der Waals surface area contributed by atoms with Crippen LogP contribution in [0.25, 0.3) is 0 Å². The lowest BCUT2D eigenvalue weighted by atomic mass is 10.1. The molecule has 15 heavy (non-hydrogen) atoms. The second-order valence-corrected chi connectivity index (χ2v) is 3.00. The minimum atomic E-state index is -1.01. The van der Waals surface area contributed by atoms with E-state index in [9.17, 15) is 4.79 Å². The normalized spacial score (nSPS) is 12.7. The van der Waals surface area contributed by atoms with E-state index >= 15 is 0 Å². The van der Waals surface area contributed by atoms with Crippen LogP contribution in [0.1, 0.15) is 11.6 Å². The monoisotopic (exact) mass is 207 g/mol. The summed E-state index contributed by atoms with van der Waals surface area (Å²) in [5.74, 6) is -0.306. The number of carboxylic acids is 1. The summed E-state index contributed by atoms with van der Waals surface area (Å²) >= 11 is 0. The van der Waals surface area contributed by atoms with Crippen LogP contribution in [0.4, 0.5) is 0 Å². The third kappa shape index (κ3) is 3.44. The minimum Gasteiger partial charge on any atom is -0.497 e. The summed E-state index contributed by atoms with van der Waals surface area (Å²) in [6, 6.07) is 6.77. The lowest BCUT2D eigenvalue weighted by Gasteiger charge is -2.08. The molecule has 3 N–H and O–H groups in total. The number of methoxy groups -OCH3 is 1. The number of nitrogens with two attached hydrogens (primary N) is 1. The Morgan fingerprint density at radius 2 is 2.33 bits per heavy atom. The number of carboxylic acid groups (broad SMARTS) is 1. The molecule has 1 aromatic rings. The molecule has 0 radical (unpaired) electrons. The van der Waals surface area contributed by atoms with E-state index < -0.39 is 12.0 Å². The Kier molecular flexibility index (Phi) is 3.88. The van der Waals surface area contributed by atoms with Gasteiger partial charge in [0.25, 0.3) is 0 Å². The molecule has 0 fully saturated rings. The predicted molar refractivity (Wildman–Crippen MR) is 56.7 cm³/mol. The van der Waals surface area contributed by atoms with Gasteiger partial charge in [0, 0.05) is 12.1 Å². The molecule has 4 heteroatoms. The molecule has 0 aromatic heterocycles. The molecule has 0 spiro atoms. The fourth-order valence-electron chi connectivity index (χ4n) is 1.15. The van der Waals surface area contributed by atoms with Crippen molar-refractivity contribution in [2.75, 3.05) is 7.11 Å². The standard InChI is InChI=1S/C11H13NO3/c1-15-9-4-2-3-8(7-9)10(12)5-6-11(13)14/h2-7,10H,12H2,1H3,(H,13,14)/b6-5+. The van der Waals surface area contributed by atoms with Crippen LogP contribution in [0, 0.1) is 0 Å². The zero-order valence-corrected chi connectivity index (χ0v) is 8.38. The van der Waals surface area contributed by atoms with Crippen molar-refractivity contribution >= 4 is 5.97 Å². The van der Waals surface area contributed by atoms with E-state index in [1.54, 1.807) is 19.2 Å². The van der Waals surface area contributed by atoms with Crippen LogP contribution in [0.3, 0.4) is 0 Å². The molecule has 80 valence electrons. The Morgan fingerprint density at radius 3 is 2.93 bits per heavy atom. The Hall–Kier alpha value is -1.81. The molecule has 1 unspecified atom stereocenters. The number of ether oxygens (including phenoxy) is 1. The van der Waals surface area contributed by atoms with Gasteiger partial charge < -0.3 is 15.6 Å². The van der Waals surface area contributed by atoms with Crippen LogP contribution in [0.5, 0.6) is 5.75 Å². The van der Waals surface area contributed by atoms with Gasteiger partial charge >= 0.3 is 5.97 Å². The van der Waals surface area contributed by atoms with Crippen LogP contribution >= 0.6 is 0 Å². The van der Waals surface area contributed by atoms with Crippen LogP contribution < -0.4 is 10.5 Å². The Labute approximate surface area is 88.0 Å². The first-order valence-electron chi connectivity index (χ1n) is 4.44. The van der Waals surface area contributed by atoms with Crippen LogP contribution in [0.15, 0.2) is 36.4 Å². The van der Waals surface area contributed by atoms with Gasteiger partial charge in [-0.25, -0.2) is 4.79 Å². The Balaban J connectivity index is 2.81. The molecule has 4 nitrogen and oxygen atoms in total. The van der Waals surface area contributed by atoms with Crippen molar-refractivity contribution < 1.29 is 14.6 Å². The third-order valence-corrected chi connectivity index (χ3v) is 1.92. The van der Waals surface area contributed by atoms with Crippen molar-refractivity contribution in [2.45, 2.75) is 6.04 Å². The number of rotatable bonds is 4. The highest BCUT2D eigenvalue weighted by Crippen LogP contribution is 2.18. The molecule has 0 bridgehead atoms. The molecule has 0 saturated carbocycles. The third-order valence-electron chi connectivity index (χ3n) is 1.92. The second kappa shape index (κ2) is 5.17. The van der Waals surface area contributed by atoms with E-state index in [0.717, 1.165) is 11.6 Å². The fourth-order valence-corrected chi connectivity index (χ4v) is 1.15. The SMILES string of the molecule is COc1cccc(C(N)/C=C/C(=O)O)c1. The largest absolute Gasteiger partial charge is 0.497 e. The van der Waals surface area contributed by atoms with Gasteiger partial charge in [-0.2, -0.15) is 0 Å². The van der Waals surface area contributed by atoms with Gasteiger partial charge in [0.2, 0.25) is 0 Å². The quantitative estimate of drug-likeness (QED) is 0.731. The molecular formula is C11H13NO3. The highest BCUT2D eigenvalue weighted by molar-refractivity contribution is 5.79. The molecule has 1 atom stereocenters. The second-order valence-electron chi connectivity index (χ2n) is 3.00. The Bertz CT molecular complexity index is 374. The van der Waals surface area contributed by atoms with Gasteiger partial charge in [0.15, 0.2) is 0 Å². The molecule has 0 aliphatic carbocycles. The van der Waals surface area contributed by atoms with Crippen molar-refractivity contribution in [3.63, 3.8) is 0 Å². The van der Waals surface area contributed by atoms with Crippen molar-refractivity contribution in [3.05, 3.63) is 42.0 Å². The summed E-state index contributed by atoms with van der Waals surface area (Å²) in [6.45, 7) is 0. The topological polar surface area (TPSA) is 72.5 Å². The first kappa shape index (κ1) is 11.3. The van der Waals surface area contributed by atoms with Crippen molar-refractivity contribution in [3.8, 4) is 5.75 Å². The Morgan fingerprint density at radius 1 is 1.60 bits per heavy atom. The van der Waals surface area contributed by atoms with E-state index in [1.165, 1.54) is 6.08 Å². The van der Waals surface area contributed by atoms with Gasteiger partial charge in [0.05, 0.1) is 7.11 Å². The maximum atomic E-state index is 10.3.